The summed E-state index contributed by atoms with van der Waals surface area (Å²) in [6.07, 6.45) is 0. The molecule has 0 unspecified atom stereocenters. The van der Waals surface area contributed by atoms with Crippen molar-refractivity contribution in [1.29, 1.82) is 0 Å². The lowest BCUT2D eigenvalue weighted by Crippen LogP contribution is -2.06. The first-order valence-electron chi connectivity index (χ1n) is 6.23. The van der Waals surface area contributed by atoms with Crippen LogP contribution in [0.15, 0.2) is 36.4 Å². The van der Waals surface area contributed by atoms with Crippen LogP contribution in [0.3, 0.4) is 0 Å². The predicted molar refractivity (Wildman–Crippen MR) is 79.8 cm³/mol. The van der Waals surface area contributed by atoms with Crippen LogP contribution in [0.4, 0.5) is 8.78 Å². The number of alkyl halides is 1. The summed E-state index contributed by atoms with van der Waals surface area (Å²) in [5.74, 6) is -0.455. The van der Waals surface area contributed by atoms with Gasteiger partial charge in [-0.15, -0.1) is 11.6 Å². The molecule has 2 aromatic carbocycles. The number of para-hydroxylation sites is 1. The van der Waals surface area contributed by atoms with Gasteiger partial charge in [0.15, 0.2) is 0 Å². The Labute approximate surface area is 129 Å². The van der Waals surface area contributed by atoms with Crippen molar-refractivity contribution in [3.05, 3.63) is 64.4 Å². The number of rotatable bonds is 3. The van der Waals surface area contributed by atoms with Crippen LogP contribution < -0.4 is 0 Å². The summed E-state index contributed by atoms with van der Waals surface area (Å²) in [5, 5.41) is 0.513. The highest BCUT2D eigenvalue weighted by atomic mass is 35.5. The fourth-order valence-corrected chi connectivity index (χ4v) is 2.76. The van der Waals surface area contributed by atoms with Gasteiger partial charge in [0.25, 0.3) is 0 Å². The molecule has 0 amide bonds. The smallest absolute Gasteiger partial charge is 0.131 e. The van der Waals surface area contributed by atoms with Crippen molar-refractivity contribution in [2.45, 2.75) is 12.4 Å². The summed E-state index contributed by atoms with van der Waals surface area (Å²) in [7, 11) is 0. The molecule has 0 radical (unpaired) electrons. The molecule has 1 heterocycles. The summed E-state index contributed by atoms with van der Waals surface area (Å²) in [6.45, 7) is 0.189. The Bertz CT molecular complexity index is 815. The maximum atomic E-state index is 13.8. The maximum Gasteiger partial charge on any atom is 0.131 e. The van der Waals surface area contributed by atoms with Crippen molar-refractivity contribution >= 4 is 34.2 Å². The third kappa shape index (κ3) is 2.61. The molecule has 2 nitrogen and oxygen atoms in total. The number of benzene rings is 2. The summed E-state index contributed by atoms with van der Waals surface area (Å²) >= 11 is 12.1. The Hall–Kier alpha value is -1.65. The largest absolute Gasteiger partial charge is 0.321 e. The van der Waals surface area contributed by atoms with Crippen LogP contribution in [0.25, 0.3) is 11.0 Å². The third-order valence-electron chi connectivity index (χ3n) is 3.26. The van der Waals surface area contributed by atoms with Crippen LogP contribution in [0.2, 0.25) is 5.02 Å². The van der Waals surface area contributed by atoms with Crippen molar-refractivity contribution in [1.82, 2.24) is 9.55 Å². The molecule has 0 aliphatic rings. The van der Waals surface area contributed by atoms with Crippen molar-refractivity contribution < 1.29 is 8.78 Å². The first-order valence-corrected chi connectivity index (χ1v) is 7.15. The van der Waals surface area contributed by atoms with E-state index in [4.69, 9.17) is 23.2 Å². The van der Waals surface area contributed by atoms with E-state index in [0.717, 1.165) is 6.07 Å². The lowest BCUT2D eigenvalue weighted by molar-refractivity contribution is 0.566. The fraction of sp³-hybridized carbons (Fsp3) is 0.133. The minimum atomic E-state index is -0.609. The summed E-state index contributed by atoms with van der Waals surface area (Å²) in [4.78, 5) is 4.39. The minimum Gasteiger partial charge on any atom is -0.321 e. The first kappa shape index (κ1) is 14.3. The highest BCUT2D eigenvalue weighted by Crippen LogP contribution is 2.26. The van der Waals surface area contributed by atoms with Crippen molar-refractivity contribution in [2.75, 3.05) is 0 Å². The SMILES string of the molecule is Fc1ccc(Cn2c(CCl)nc3cccc(Cl)c32)c(F)c1. The number of nitrogens with zero attached hydrogens (tertiary/aromatic N) is 2. The molecule has 0 aliphatic carbocycles. The van der Waals surface area contributed by atoms with Crippen LogP contribution in [-0.4, -0.2) is 9.55 Å². The second-order valence-electron chi connectivity index (χ2n) is 4.59. The van der Waals surface area contributed by atoms with Gasteiger partial charge in [0.1, 0.15) is 17.5 Å². The molecule has 0 bridgehead atoms. The average molecular weight is 327 g/mol. The zero-order chi connectivity index (χ0) is 15.0. The molecule has 0 fully saturated rings. The lowest BCUT2D eigenvalue weighted by atomic mass is 10.2. The molecule has 3 rings (SSSR count). The third-order valence-corrected chi connectivity index (χ3v) is 3.80. The van der Waals surface area contributed by atoms with Crippen molar-refractivity contribution in [3.8, 4) is 0 Å². The zero-order valence-corrected chi connectivity index (χ0v) is 12.3. The monoisotopic (exact) mass is 326 g/mol. The van der Waals surface area contributed by atoms with E-state index in [1.807, 2.05) is 6.07 Å². The van der Waals surface area contributed by atoms with Gasteiger partial charge < -0.3 is 4.57 Å². The Morgan fingerprint density at radius 3 is 2.67 bits per heavy atom. The summed E-state index contributed by atoms with van der Waals surface area (Å²) in [6, 6.07) is 8.83. The summed E-state index contributed by atoms with van der Waals surface area (Å²) < 4.78 is 28.6. The molecular formula is C15H10Cl2F2N2. The van der Waals surface area contributed by atoms with E-state index in [0.29, 0.717) is 27.4 Å². The molecule has 21 heavy (non-hydrogen) atoms. The van der Waals surface area contributed by atoms with Gasteiger partial charge in [-0.1, -0.05) is 23.7 Å². The molecule has 3 aromatic rings. The van der Waals surface area contributed by atoms with Gasteiger partial charge in [0.2, 0.25) is 0 Å². The number of halogens is 4. The van der Waals surface area contributed by atoms with Crippen LogP contribution in [-0.2, 0) is 12.4 Å². The fourth-order valence-electron chi connectivity index (χ4n) is 2.28. The topological polar surface area (TPSA) is 17.8 Å². The molecule has 0 saturated carbocycles. The first-order chi connectivity index (χ1) is 10.1. The number of imidazole rings is 1. The Kier molecular flexibility index (Phi) is 3.83. The number of hydrogen-bond donors (Lipinski definition) is 0. The number of fused-ring (bicyclic) bond motifs is 1. The average Bonchev–Trinajstić information content (AvgIpc) is 2.81. The van der Waals surface area contributed by atoms with Crippen LogP contribution >= 0.6 is 23.2 Å². The van der Waals surface area contributed by atoms with Gasteiger partial charge in [-0.05, 0) is 18.2 Å². The van der Waals surface area contributed by atoms with Gasteiger partial charge in [-0.3, -0.25) is 0 Å². The quantitative estimate of drug-likeness (QED) is 0.635. The van der Waals surface area contributed by atoms with E-state index in [9.17, 15) is 8.78 Å². The second-order valence-corrected chi connectivity index (χ2v) is 5.27. The maximum absolute atomic E-state index is 13.8. The molecule has 6 heteroatoms. The van der Waals surface area contributed by atoms with E-state index in [1.165, 1.54) is 12.1 Å². The van der Waals surface area contributed by atoms with Crippen LogP contribution in [0.1, 0.15) is 11.4 Å². The van der Waals surface area contributed by atoms with E-state index >= 15 is 0 Å². The molecular weight excluding hydrogens is 317 g/mol. The summed E-state index contributed by atoms with van der Waals surface area (Å²) in [5.41, 5.74) is 1.74. The van der Waals surface area contributed by atoms with Crippen molar-refractivity contribution in [2.24, 2.45) is 0 Å². The molecule has 0 aliphatic heterocycles. The van der Waals surface area contributed by atoms with Gasteiger partial charge in [-0.2, -0.15) is 0 Å². The van der Waals surface area contributed by atoms with Gasteiger partial charge in [-0.25, -0.2) is 13.8 Å². The predicted octanol–water partition coefficient (Wildman–Crippen LogP) is 4.76. The zero-order valence-electron chi connectivity index (χ0n) is 10.8. The van der Waals surface area contributed by atoms with Crippen LogP contribution in [0.5, 0.6) is 0 Å². The van der Waals surface area contributed by atoms with Crippen molar-refractivity contribution in [3.63, 3.8) is 0 Å². The van der Waals surface area contributed by atoms with E-state index in [1.54, 1.807) is 16.7 Å². The molecule has 108 valence electrons. The van der Waals surface area contributed by atoms with Gasteiger partial charge in [0.05, 0.1) is 28.5 Å². The number of aromatic nitrogens is 2. The molecule has 0 atom stereocenters. The van der Waals surface area contributed by atoms with Gasteiger partial charge in [0, 0.05) is 11.6 Å². The Morgan fingerprint density at radius 2 is 1.95 bits per heavy atom. The molecule has 0 N–H and O–H groups in total. The molecule has 0 spiro atoms. The van der Waals surface area contributed by atoms with E-state index in [-0.39, 0.29) is 12.4 Å². The highest BCUT2D eigenvalue weighted by Gasteiger charge is 2.14. The standard InChI is InChI=1S/C15H10Cl2F2N2/c16-7-14-20-13-3-1-2-11(17)15(13)21(14)8-9-4-5-10(18)6-12(9)19/h1-6H,7-8H2. The van der Waals surface area contributed by atoms with Gasteiger partial charge >= 0.3 is 0 Å². The van der Waals surface area contributed by atoms with Crippen LogP contribution in [0, 0.1) is 11.6 Å². The Balaban J connectivity index is 2.15. The van der Waals surface area contributed by atoms with E-state index < -0.39 is 11.6 Å². The lowest BCUT2D eigenvalue weighted by Gasteiger charge is -2.09. The normalized spacial score (nSPS) is 11.2. The minimum absolute atomic E-state index is 0.174. The highest BCUT2D eigenvalue weighted by molar-refractivity contribution is 6.35. The van der Waals surface area contributed by atoms with E-state index in [2.05, 4.69) is 4.98 Å². The molecule has 0 saturated heterocycles. The Morgan fingerprint density at radius 1 is 1.14 bits per heavy atom. The number of hydrogen-bond acceptors (Lipinski definition) is 1. The second kappa shape index (κ2) is 5.62. The molecule has 1 aromatic heterocycles.